The molecule has 112 valence electrons. The van der Waals surface area contributed by atoms with Gasteiger partial charge < -0.3 is 14.6 Å². The van der Waals surface area contributed by atoms with E-state index in [1.165, 1.54) is 18.2 Å². The maximum Gasteiger partial charge on any atom is 0.279 e. The van der Waals surface area contributed by atoms with Crippen molar-refractivity contribution in [2.24, 2.45) is 0 Å². The Bertz CT molecular complexity index is 642. The van der Waals surface area contributed by atoms with E-state index in [4.69, 9.17) is 16.0 Å². The van der Waals surface area contributed by atoms with Crippen molar-refractivity contribution in [2.45, 2.75) is 13.5 Å². The number of hydrogen-bond donors (Lipinski definition) is 2. The highest BCUT2D eigenvalue weighted by Crippen LogP contribution is 2.21. The minimum absolute atomic E-state index is 0.183. The molecule has 0 aliphatic heterocycles. The number of carbonyl (C=O) groups excluding carboxylic acids is 1. The summed E-state index contributed by atoms with van der Waals surface area (Å²) in [5, 5.41) is 2.85. The third-order valence-corrected chi connectivity index (χ3v) is 3.25. The zero-order valence-corrected chi connectivity index (χ0v) is 12.6. The number of rotatable bonds is 5. The van der Waals surface area contributed by atoms with Gasteiger partial charge >= 0.3 is 0 Å². The number of benzene rings is 1. The zero-order chi connectivity index (χ0) is 15.4. The maximum atomic E-state index is 12.9. The highest BCUT2D eigenvalue weighted by molar-refractivity contribution is 6.33. The summed E-state index contributed by atoms with van der Waals surface area (Å²) in [6.45, 7) is 2.74. The standard InChI is InChI=1S/C15H16ClFN2O2/c1-10-3-5-12(21-10)8-19(2)9-15(20)18-14-6-4-11(17)7-13(14)16/h3-7H,8-9H2,1-2H3,(H,18,20)/p+1. The van der Waals surface area contributed by atoms with Crippen LogP contribution in [0.2, 0.25) is 5.02 Å². The van der Waals surface area contributed by atoms with Crippen molar-refractivity contribution >= 4 is 23.2 Å². The molecule has 0 saturated carbocycles. The third-order valence-electron chi connectivity index (χ3n) is 2.94. The highest BCUT2D eigenvalue weighted by atomic mass is 35.5. The minimum atomic E-state index is -0.436. The van der Waals surface area contributed by atoms with Gasteiger partial charge in [0.15, 0.2) is 12.3 Å². The lowest BCUT2D eigenvalue weighted by molar-refractivity contribution is -0.886. The first kappa shape index (κ1) is 15.5. The smallest absolute Gasteiger partial charge is 0.279 e. The van der Waals surface area contributed by atoms with Crippen molar-refractivity contribution in [1.29, 1.82) is 0 Å². The Morgan fingerprint density at radius 3 is 2.76 bits per heavy atom. The van der Waals surface area contributed by atoms with Crippen LogP contribution in [0.5, 0.6) is 0 Å². The zero-order valence-electron chi connectivity index (χ0n) is 11.9. The van der Waals surface area contributed by atoms with Gasteiger partial charge in [0.2, 0.25) is 0 Å². The number of aryl methyl sites for hydroxylation is 1. The first-order chi connectivity index (χ1) is 9.94. The average molecular weight is 312 g/mol. The van der Waals surface area contributed by atoms with Gasteiger partial charge in [-0.1, -0.05) is 11.6 Å². The summed E-state index contributed by atoms with van der Waals surface area (Å²) in [5.74, 6) is 1.05. The summed E-state index contributed by atoms with van der Waals surface area (Å²) in [7, 11) is 1.89. The number of hydrogen-bond acceptors (Lipinski definition) is 2. The number of furan rings is 1. The van der Waals surface area contributed by atoms with Crippen LogP contribution in [0, 0.1) is 12.7 Å². The van der Waals surface area contributed by atoms with Crippen LogP contribution in [0.25, 0.3) is 0 Å². The lowest BCUT2D eigenvalue weighted by Crippen LogP contribution is -3.08. The quantitative estimate of drug-likeness (QED) is 0.887. The van der Waals surface area contributed by atoms with Crippen molar-refractivity contribution in [2.75, 3.05) is 18.9 Å². The molecule has 0 aliphatic carbocycles. The molecule has 1 aromatic carbocycles. The van der Waals surface area contributed by atoms with Crippen LogP contribution in [0.15, 0.2) is 34.7 Å². The molecule has 0 saturated heterocycles. The van der Waals surface area contributed by atoms with E-state index < -0.39 is 5.82 Å². The molecule has 0 aliphatic rings. The molecule has 0 radical (unpaired) electrons. The predicted molar refractivity (Wildman–Crippen MR) is 78.9 cm³/mol. The number of halogens is 2. The Balaban J connectivity index is 1.89. The predicted octanol–water partition coefficient (Wildman–Crippen LogP) is 2.03. The van der Waals surface area contributed by atoms with Crippen molar-refractivity contribution < 1.29 is 18.5 Å². The van der Waals surface area contributed by atoms with Crippen LogP contribution < -0.4 is 10.2 Å². The first-order valence-electron chi connectivity index (χ1n) is 6.55. The van der Waals surface area contributed by atoms with Crippen LogP contribution >= 0.6 is 11.6 Å². The number of amides is 1. The molecule has 6 heteroatoms. The molecule has 0 bridgehead atoms. The van der Waals surface area contributed by atoms with Gasteiger partial charge in [0.25, 0.3) is 5.91 Å². The van der Waals surface area contributed by atoms with Crippen LogP contribution in [-0.4, -0.2) is 19.5 Å². The molecule has 1 aromatic heterocycles. The minimum Gasteiger partial charge on any atom is -0.460 e. The normalized spacial score (nSPS) is 12.2. The molecular formula is C15H17ClFN2O2+. The summed E-state index contributed by atoms with van der Waals surface area (Å²) in [6, 6.07) is 7.65. The second kappa shape index (κ2) is 6.74. The van der Waals surface area contributed by atoms with Gasteiger partial charge in [0.05, 0.1) is 17.8 Å². The van der Waals surface area contributed by atoms with Crippen LogP contribution in [0.1, 0.15) is 11.5 Å². The largest absolute Gasteiger partial charge is 0.460 e. The van der Waals surface area contributed by atoms with Gasteiger partial charge in [-0.05, 0) is 37.3 Å². The van der Waals surface area contributed by atoms with E-state index >= 15 is 0 Å². The SMILES string of the molecule is Cc1ccc(C[NH+](C)CC(=O)Nc2ccc(F)cc2Cl)o1. The second-order valence-corrected chi connectivity index (χ2v) is 5.40. The van der Waals surface area contributed by atoms with Crippen molar-refractivity contribution in [3.05, 3.63) is 52.7 Å². The molecule has 4 nitrogen and oxygen atoms in total. The molecule has 0 spiro atoms. The average Bonchev–Trinajstić information content (AvgIpc) is 2.78. The summed E-state index contributed by atoms with van der Waals surface area (Å²) in [4.78, 5) is 12.9. The number of anilines is 1. The van der Waals surface area contributed by atoms with Crippen LogP contribution in [-0.2, 0) is 11.3 Å². The van der Waals surface area contributed by atoms with E-state index in [9.17, 15) is 9.18 Å². The Kier molecular flexibility index (Phi) is 4.98. The first-order valence-corrected chi connectivity index (χ1v) is 6.93. The van der Waals surface area contributed by atoms with Crippen LogP contribution in [0.3, 0.4) is 0 Å². The van der Waals surface area contributed by atoms with E-state index in [1.807, 2.05) is 26.1 Å². The van der Waals surface area contributed by atoms with E-state index in [1.54, 1.807) is 0 Å². The van der Waals surface area contributed by atoms with E-state index in [0.717, 1.165) is 16.4 Å². The molecule has 2 aromatic rings. The van der Waals surface area contributed by atoms with E-state index in [2.05, 4.69) is 5.32 Å². The fourth-order valence-electron chi connectivity index (χ4n) is 2.00. The van der Waals surface area contributed by atoms with Gasteiger partial charge in [-0.25, -0.2) is 4.39 Å². The van der Waals surface area contributed by atoms with Gasteiger partial charge in [-0.15, -0.1) is 0 Å². The molecule has 2 rings (SSSR count). The fourth-order valence-corrected chi connectivity index (χ4v) is 2.21. The number of quaternary nitrogens is 1. The number of likely N-dealkylation sites (N-methyl/N-ethyl adjacent to an activating group) is 1. The van der Waals surface area contributed by atoms with Gasteiger partial charge in [-0.3, -0.25) is 4.79 Å². The summed E-state index contributed by atoms with van der Waals surface area (Å²) in [6.07, 6.45) is 0. The van der Waals surface area contributed by atoms with E-state index in [-0.39, 0.29) is 17.5 Å². The highest BCUT2D eigenvalue weighted by Gasteiger charge is 2.14. The Morgan fingerprint density at radius 1 is 1.38 bits per heavy atom. The Hall–Kier alpha value is -1.85. The third kappa shape index (κ3) is 4.58. The van der Waals surface area contributed by atoms with E-state index in [0.29, 0.717) is 12.2 Å². The summed E-state index contributed by atoms with van der Waals surface area (Å²) >= 11 is 5.87. The molecule has 1 heterocycles. The lowest BCUT2D eigenvalue weighted by atomic mass is 10.3. The summed E-state index contributed by atoms with van der Waals surface area (Å²) < 4.78 is 18.4. The molecule has 1 atom stereocenters. The Labute approximate surface area is 127 Å². The van der Waals surface area contributed by atoms with Crippen LogP contribution in [0.4, 0.5) is 10.1 Å². The summed E-state index contributed by atoms with van der Waals surface area (Å²) in [5.41, 5.74) is 0.407. The van der Waals surface area contributed by atoms with Crippen molar-refractivity contribution in [3.63, 3.8) is 0 Å². The van der Waals surface area contributed by atoms with Gasteiger partial charge in [0, 0.05) is 0 Å². The lowest BCUT2D eigenvalue weighted by Gasteiger charge is -2.13. The Morgan fingerprint density at radius 2 is 2.14 bits per heavy atom. The molecule has 1 amide bonds. The molecule has 21 heavy (non-hydrogen) atoms. The van der Waals surface area contributed by atoms with Gasteiger partial charge in [0.1, 0.15) is 18.1 Å². The second-order valence-electron chi connectivity index (χ2n) is 5.00. The monoisotopic (exact) mass is 311 g/mol. The number of nitrogens with one attached hydrogen (secondary N) is 2. The fraction of sp³-hybridized carbons (Fsp3) is 0.267. The van der Waals surface area contributed by atoms with Crippen molar-refractivity contribution in [1.82, 2.24) is 0 Å². The van der Waals surface area contributed by atoms with Gasteiger partial charge in [-0.2, -0.15) is 0 Å². The molecule has 2 N–H and O–H groups in total. The topological polar surface area (TPSA) is 46.7 Å². The number of carbonyl (C=O) groups is 1. The molecule has 0 fully saturated rings. The molecule has 1 unspecified atom stereocenters. The van der Waals surface area contributed by atoms with Crippen molar-refractivity contribution in [3.8, 4) is 0 Å². The molecular weight excluding hydrogens is 295 g/mol. The maximum absolute atomic E-state index is 12.9.